The molecule has 0 bridgehead atoms. The van der Waals surface area contributed by atoms with Crippen LogP contribution in [0.2, 0.25) is 0 Å². The average molecular weight is 308 g/mol. The second-order valence-electron chi connectivity index (χ2n) is 6.05. The third kappa shape index (κ3) is 2.34. The first kappa shape index (κ1) is 14.1. The van der Waals surface area contributed by atoms with Crippen LogP contribution in [0.25, 0.3) is 0 Å². The Labute approximate surface area is 136 Å². The van der Waals surface area contributed by atoms with Crippen molar-refractivity contribution in [1.29, 1.82) is 0 Å². The van der Waals surface area contributed by atoms with Crippen molar-refractivity contribution in [3.8, 4) is 11.5 Å². The molecule has 0 radical (unpaired) electrons. The highest BCUT2D eigenvalue weighted by Crippen LogP contribution is 2.39. The molecule has 0 aromatic heterocycles. The van der Waals surface area contributed by atoms with E-state index in [1.54, 1.807) is 14.2 Å². The van der Waals surface area contributed by atoms with Crippen LogP contribution in [-0.4, -0.2) is 19.9 Å². The molecule has 0 fully saturated rings. The summed E-state index contributed by atoms with van der Waals surface area (Å²) in [4.78, 5) is 0. The summed E-state index contributed by atoms with van der Waals surface area (Å²) >= 11 is 0. The molecule has 4 rings (SSSR count). The van der Waals surface area contributed by atoms with E-state index < -0.39 is 0 Å². The second-order valence-corrected chi connectivity index (χ2v) is 6.05. The largest absolute Gasteiger partial charge is 0.497 e. The van der Waals surface area contributed by atoms with Gasteiger partial charge in [-0.15, -0.1) is 0 Å². The number of rotatable bonds is 3. The first-order valence-electron chi connectivity index (χ1n) is 7.94. The summed E-state index contributed by atoms with van der Waals surface area (Å²) in [5, 5.41) is 4.65. The number of methoxy groups -OCH3 is 2. The van der Waals surface area contributed by atoms with Crippen LogP contribution < -0.4 is 14.9 Å². The van der Waals surface area contributed by atoms with E-state index >= 15 is 0 Å². The lowest BCUT2D eigenvalue weighted by atomic mass is 9.77. The Morgan fingerprint density at radius 1 is 1.00 bits per heavy atom. The Hall–Kier alpha value is -2.49. The van der Waals surface area contributed by atoms with Crippen LogP contribution in [0, 0.1) is 5.92 Å². The second kappa shape index (κ2) is 5.61. The van der Waals surface area contributed by atoms with E-state index in [0.29, 0.717) is 5.92 Å². The Kier molecular flexibility index (Phi) is 3.45. The highest BCUT2D eigenvalue weighted by molar-refractivity contribution is 6.06. The lowest BCUT2D eigenvalue weighted by Crippen LogP contribution is -2.26. The zero-order chi connectivity index (χ0) is 15.8. The molecule has 1 heterocycles. The predicted molar refractivity (Wildman–Crippen MR) is 90.2 cm³/mol. The fraction of sp³-hybridized carbons (Fsp3) is 0.316. The van der Waals surface area contributed by atoms with Crippen LogP contribution in [0.15, 0.2) is 47.6 Å². The van der Waals surface area contributed by atoms with Gasteiger partial charge in [0.1, 0.15) is 11.5 Å². The average Bonchev–Trinajstić information content (AvgIpc) is 3.05. The van der Waals surface area contributed by atoms with Gasteiger partial charge in [0.05, 0.1) is 26.0 Å². The lowest BCUT2D eigenvalue weighted by Gasteiger charge is -2.26. The minimum atomic E-state index is 0.232. The third-order valence-corrected chi connectivity index (χ3v) is 4.87. The van der Waals surface area contributed by atoms with Crippen molar-refractivity contribution in [2.45, 2.75) is 18.9 Å². The monoisotopic (exact) mass is 308 g/mol. The maximum Gasteiger partial charge on any atom is 0.119 e. The fourth-order valence-corrected chi connectivity index (χ4v) is 3.60. The zero-order valence-corrected chi connectivity index (χ0v) is 13.4. The van der Waals surface area contributed by atoms with Crippen LogP contribution in [0.4, 0.5) is 0 Å². The maximum atomic E-state index is 5.38. The minimum absolute atomic E-state index is 0.232. The Balaban J connectivity index is 1.65. The van der Waals surface area contributed by atoms with E-state index in [9.17, 15) is 0 Å². The van der Waals surface area contributed by atoms with Crippen molar-refractivity contribution in [3.05, 3.63) is 59.2 Å². The molecular weight excluding hydrogens is 288 g/mol. The lowest BCUT2D eigenvalue weighted by molar-refractivity contribution is 0.412. The van der Waals surface area contributed by atoms with Gasteiger partial charge in [0.15, 0.2) is 0 Å². The number of fused-ring (bicyclic) bond motifs is 3. The standard InChI is InChI=1S/C19H20N2O2/c1-22-14-7-4-13(5-8-14)18-16-10-6-12-3-9-15(23-2)11-17(12)19(16)21-20-18/h3-5,7-9,11,16,18,20H,6,10H2,1-2H3/t16-,18-/m0/s1. The van der Waals surface area contributed by atoms with Crippen molar-refractivity contribution in [2.24, 2.45) is 11.0 Å². The molecule has 4 nitrogen and oxygen atoms in total. The first-order chi connectivity index (χ1) is 11.3. The summed E-state index contributed by atoms with van der Waals surface area (Å²) in [6.45, 7) is 0. The molecule has 0 amide bonds. The van der Waals surface area contributed by atoms with Crippen molar-refractivity contribution >= 4 is 5.71 Å². The molecule has 2 atom stereocenters. The fourth-order valence-electron chi connectivity index (χ4n) is 3.60. The van der Waals surface area contributed by atoms with Gasteiger partial charge in [-0.1, -0.05) is 18.2 Å². The van der Waals surface area contributed by atoms with E-state index in [0.717, 1.165) is 30.1 Å². The summed E-state index contributed by atoms with van der Waals surface area (Å²) in [6.07, 6.45) is 2.19. The molecule has 1 aliphatic heterocycles. The van der Waals surface area contributed by atoms with Gasteiger partial charge in [0.2, 0.25) is 0 Å². The zero-order valence-electron chi connectivity index (χ0n) is 13.4. The number of hydrogen-bond acceptors (Lipinski definition) is 4. The molecule has 0 spiro atoms. The Morgan fingerprint density at radius 2 is 1.74 bits per heavy atom. The number of hydrazone groups is 1. The van der Waals surface area contributed by atoms with E-state index in [1.165, 1.54) is 16.7 Å². The number of hydrogen-bond donors (Lipinski definition) is 1. The Morgan fingerprint density at radius 3 is 2.48 bits per heavy atom. The van der Waals surface area contributed by atoms with Gasteiger partial charge in [-0.25, -0.2) is 0 Å². The van der Waals surface area contributed by atoms with E-state index in [-0.39, 0.29) is 6.04 Å². The van der Waals surface area contributed by atoms with Crippen LogP contribution in [0.5, 0.6) is 11.5 Å². The SMILES string of the molecule is COc1ccc([C@@H]2NN=C3c4cc(OC)ccc4CC[C@H]32)cc1. The summed E-state index contributed by atoms with van der Waals surface area (Å²) in [6, 6.07) is 14.8. The smallest absolute Gasteiger partial charge is 0.119 e. The van der Waals surface area contributed by atoms with Gasteiger partial charge in [0.25, 0.3) is 0 Å². The van der Waals surface area contributed by atoms with Crippen LogP contribution in [0.3, 0.4) is 0 Å². The van der Waals surface area contributed by atoms with Crippen molar-refractivity contribution < 1.29 is 9.47 Å². The summed E-state index contributed by atoms with van der Waals surface area (Å²) in [5.41, 5.74) is 8.33. The van der Waals surface area contributed by atoms with E-state index in [1.807, 2.05) is 18.2 Å². The predicted octanol–water partition coefficient (Wildman–Crippen LogP) is 3.31. The topological polar surface area (TPSA) is 42.8 Å². The highest BCUT2D eigenvalue weighted by atomic mass is 16.5. The Bertz CT molecular complexity index is 752. The molecule has 2 aromatic rings. The molecule has 2 aliphatic rings. The normalized spacial score (nSPS) is 21.7. The van der Waals surface area contributed by atoms with Crippen molar-refractivity contribution in [1.82, 2.24) is 5.43 Å². The van der Waals surface area contributed by atoms with E-state index in [4.69, 9.17) is 9.47 Å². The molecular formula is C19H20N2O2. The number of nitrogens with one attached hydrogen (secondary N) is 1. The van der Waals surface area contributed by atoms with Gasteiger partial charge in [-0.3, -0.25) is 0 Å². The first-order valence-corrected chi connectivity index (χ1v) is 7.94. The molecule has 0 saturated carbocycles. The molecule has 2 aromatic carbocycles. The van der Waals surface area contributed by atoms with Crippen molar-refractivity contribution in [3.63, 3.8) is 0 Å². The van der Waals surface area contributed by atoms with Gasteiger partial charge < -0.3 is 14.9 Å². The quantitative estimate of drug-likeness (QED) is 0.946. The number of ether oxygens (including phenoxy) is 2. The van der Waals surface area contributed by atoms with Gasteiger partial charge in [-0.2, -0.15) is 5.10 Å². The molecule has 1 aliphatic carbocycles. The molecule has 0 saturated heterocycles. The summed E-state index contributed by atoms with van der Waals surface area (Å²) in [5.74, 6) is 2.18. The van der Waals surface area contributed by atoms with Gasteiger partial charge in [-0.05, 0) is 48.2 Å². The molecule has 1 N–H and O–H groups in total. The summed E-state index contributed by atoms with van der Waals surface area (Å²) < 4.78 is 10.6. The number of benzene rings is 2. The minimum Gasteiger partial charge on any atom is -0.497 e. The highest BCUT2D eigenvalue weighted by Gasteiger charge is 2.37. The number of nitrogens with zero attached hydrogens (tertiary/aromatic N) is 1. The molecule has 118 valence electrons. The third-order valence-electron chi connectivity index (χ3n) is 4.87. The molecule has 4 heteroatoms. The van der Waals surface area contributed by atoms with Gasteiger partial charge >= 0.3 is 0 Å². The molecule has 23 heavy (non-hydrogen) atoms. The maximum absolute atomic E-state index is 5.38. The van der Waals surface area contributed by atoms with Crippen LogP contribution >= 0.6 is 0 Å². The van der Waals surface area contributed by atoms with Gasteiger partial charge in [0, 0.05) is 11.5 Å². The van der Waals surface area contributed by atoms with Crippen molar-refractivity contribution in [2.75, 3.05) is 14.2 Å². The van der Waals surface area contributed by atoms with E-state index in [2.05, 4.69) is 34.8 Å². The number of aryl methyl sites for hydroxylation is 1. The van der Waals surface area contributed by atoms with Crippen LogP contribution in [0.1, 0.15) is 29.2 Å². The van der Waals surface area contributed by atoms with Crippen LogP contribution in [-0.2, 0) is 6.42 Å². The summed E-state index contributed by atoms with van der Waals surface area (Å²) in [7, 11) is 3.40. The molecule has 0 unspecified atom stereocenters.